The van der Waals surface area contributed by atoms with E-state index in [1.807, 2.05) is 20.8 Å². The summed E-state index contributed by atoms with van der Waals surface area (Å²) in [4.78, 5) is 0. The first-order valence-corrected chi connectivity index (χ1v) is 5.19. The Hall–Kier alpha value is -1.09. The molecule has 1 atom stereocenters. The molecule has 0 aliphatic rings. The van der Waals surface area contributed by atoms with E-state index < -0.39 is 0 Å². The highest BCUT2D eigenvalue weighted by Crippen LogP contribution is 2.21. The molecule has 0 aliphatic heterocycles. The molecule has 0 saturated heterocycles. The lowest BCUT2D eigenvalue weighted by Gasteiger charge is -2.18. The van der Waals surface area contributed by atoms with E-state index in [9.17, 15) is 4.39 Å². The number of hydrogen-bond acceptors (Lipinski definition) is 2. The topological polar surface area (TPSA) is 35.2 Å². The molecule has 0 spiro atoms. The van der Waals surface area contributed by atoms with Crippen LogP contribution in [0.5, 0.6) is 5.75 Å². The standard InChI is InChI=1S/C12H18FNO/c1-8(2)9(3)15-12-5-4-10(7-14)6-11(12)13/h4-6,8-9H,7,14H2,1-3H3. The van der Waals surface area contributed by atoms with E-state index in [1.54, 1.807) is 12.1 Å². The second-order valence-corrected chi connectivity index (χ2v) is 4.04. The maximum Gasteiger partial charge on any atom is 0.165 e. The van der Waals surface area contributed by atoms with Crippen LogP contribution in [0, 0.1) is 11.7 Å². The minimum Gasteiger partial charge on any atom is -0.487 e. The fourth-order valence-corrected chi connectivity index (χ4v) is 1.10. The normalized spacial score (nSPS) is 12.9. The average Bonchev–Trinajstić information content (AvgIpc) is 2.20. The summed E-state index contributed by atoms with van der Waals surface area (Å²) < 4.78 is 19.0. The maximum absolute atomic E-state index is 13.5. The highest BCUT2D eigenvalue weighted by molar-refractivity contribution is 5.29. The lowest BCUT2D eigenvalue weighted by atomic mass is 10.1. The fraction of sp³-hybridized carbons (Fsp3) is 0.500. The van der Waals surface area contributed by atoms with Gasteiger partial charge in [0.1, 0.15) is 0 Å². The quantitative estimate of drug-likeness (QED) is 0.831. The molecular weight excluding hydrogens is 193 g/mol. The highest BCUT2D eigenvalue weighted by Gasteiger charge is 2.11. The van der Waals surface area contributed by atoms with Crippen LogP contribution in [0.2, 0.25) is 0 Å². The molecule has 0 fully saturated rings. The van der Waals surface area contributed by atoms with E-state index in [2.05, 4.69) is 0 Å². The number of nitrogens with two attached hydrogens (primary N) is 1. The van der Waals surface area contributed by atoms with Crippen molar-refractivity contribution in [1.82, 2.24) is 0 Å². The summed E-state index contributed by atoms with van der Waals surface area (Å²) in [5.41, 5.74) is 6.19. The molecule has 2 nitrogen and oxygen atoms in total. The van der Waals surface area contributed by atoms with Crippen molar-refractivity contribution in [3.05, 3.63) is 29.6 Å². The minimum absolute atomic E-state index is 0.00299. The molecule has 1 aromatic carbocycles. The van der Waals surface area contributed by atoms with Crippen molar-refractivity contribution in [3.63, 3.8) is 0 Å². The van der Waals surface area contributed by atoms with Crippen LogP contribution < -0.4 is 10.5 Å². The Morgan fingerprint density at radius 1 is 1.33 bits per heavy atom. The molecule has 15 heavy (non-hydrogen) atoms. The van der Waals surface area contributed by atoms with Gasteiger partial charge in [-0.15, -0.1) is 0 Å². The van der Waals surface area contributed by atoms with E-state index in [0.717, 1.165) is 5.56 Å². The largest absolute Gasteiger partial charge is 0.487 e. The van der Waals surface area contributed by atoms with Gasteiger partial charge in [-0.05, 0) is 30.5 Å². The highest BCUT2D eigenvalue weighted by atomic mass is 19.1. The first-order valence-electron chi connectivity index (χ1n) is 5.19. The Kier molecular flexibility index (Phi) is 4.09. The van der Waals surface area contributed by atoms with Crippen molar-refractivity contribution in [1.29, 1.82) is 0 Å². The Morgan fingerprint density at radius 3 is 2.47 bits per heavy atom. The summed E-state index contributed by atoms with van der Waals surface area (Å²) in [7, 11) is 0. The van der Waals surface area contributed by atoms with Crippen molar-refractivity contribution >= 4 is 0 Å². The van der Waals surface area contributed by atoms with Gasteiger partial charge in [-0.2, -0.15) is 0 Å². The first kappa shape index (κ1) is 12.0. The Balaban J connectivity index is 2.78. The third kappa shape index (κ3) is 3.20. The number of benzene rings is 1. The van der Waals surface area contributed by atoms with Crippen LogP contribution in [-0.2, 0) is 6.54 Å². The molecule has 1 aromatic rings. The van der Waals surface area contributed by atoms with Gasteiger partial charge in [-0.1, -0.05) is 19.9 Å². The van der Waals surface area contributed by atoms with Crippen molar-refractivity contribution in [2.24, 2.45) is 11.7 Å². The second-order valence-electron chi connectivity index (χ2n) is 4.04. The average molecular weight is 211 g/mol. The molecule has 3 heteroatoms. The number of ether oxygens (including phenoxy) is 1. The fourth-order valence-electron chi connectivity index (χ4n) is 1.10. The van der Waals surface area contributed by atoms with Crippen molar-refractivity contribution in [3.8, 4) is 5.75 Å². The van der Waals surface area contributed by atoms with Gasteiger partial charge in [-0.3, -0.25) is 0 Å². The number of hydrogen-bond donors (Lipinski definition) is 1. The SMILES string of the molecule is CC(C)C(C)Oc1ccc(CN)cc1F. The zero-order valence-electron chi connectivity index (χ0n) is 9.46. The molecule has 0 bridgehead atoms. The smallest absolute Gasteiger partial charge is 0.165 e. The van der Waals surface area contributed by atoms with Crippen molar-refractivity contribution in [2.75, 3.05) is 0 Å². The van der Waals surface area contributed by atoms with Gasteiger partial charge in [0.2, 0.25) is 0 Å². The van der Waals surface area contributed by atoms with Gasteiger partial charge < -0.3 is 10.5 Å². The van der Waals surface area contributed by atoms with Gasteiger partial charge in [-0.25, -0.2) is 4.39 Å². The molecule has 0 aliphatic carbocycles. The lowest BCUT2D eigenvalue weighted by molar-refractivity contribution is 0.163. The van der Waals surface area contributed by atoms with Crippen LogP contribution in [0.15, 0.2) is 18.2 Å². The monoisotopic (exact) mass is 211 g/mol. The zero-order valence-corrected chi connectivity index (χ0v) is 9.46. The predicted octanol–water partition coefficient (Wildman–Crippen LogP) is 2.71. The summed E-state index contributed by atoms with van der Waals surface area (Å²) in [6.45, 7) is 6.35. The van der Waals surface area contributed by atoms with Crippen LogP contribution >= 0.6 is 0 Å². The van der Waals surface area contributed by atoms with E-state index in [1.165, 1.54) is 6.07 Å². The van der Waals surface area contributed by atoms with Gasteiger partial charge >= 0.3 is 0 Å². The van der Waals surface area contributed by atoms with Gasteiger partial charge in [0.15, 0.2) is 11.6 Å². The van der Waals surface area contributed by atoms with Crippen molar-refractivity contribution < 1.29 is 9.13 Å². The molecular formula is C12H18FNO. The van der Waals surface area contributed by atoms with Gasteiger partial charge in [0.25, 0.3) is 0 Å². The van der Waals surface area contributed by atoms with Crippen LogP contribution in [0.3, 0.4) is 0 Å². The molecule has 0 aromatic heterocycles. The summed E-state index contributed by atoms with van der Waals surface area (Å²) in [6.07, 6.45) is 0.00299. The predicted molar refractivity (Wildman–Crippen MR) is 59.2 cm³/mol. The minimum atomic E-state index is -0.342. The van der Waals surface area contributed by atoms with Gasteiger partial charge in [0.05, 0.1) is 6.10 Å². The van der Waals surface area contributed by atoms with E-state index in [-0.39, 0.29) is 11.9 Å². The summed E-state index contributed by atoms with van der Waals surface area (Å²) in [5, 5.41) is 0. The molecule has 0 radical (unpaired) electrons. The van der Waals surface area contributed by atoms with Gasteiger partial charge in [0, 0.05) is 6.54 Å². The first-order chi connectivity index (χ1) is 7.04. The molecule has 1 rings (SSSR count). The zero-order chi connectivity index (χ0) is 11.4. The van der Waals surface area contributed by atoms with Crippen LogP contribution in [0.1, 0.15) is 26.3 Å². The van der Waals surface area contributed by atoms with E-state index in [0.29, 0.717) is 18.2 Å². The summed E-state index contributed by atoms with van der Waals surface area (Å²) in [5.74, 6) is 0.317. The lowest BCUT2D eigenvalue weighted by Crippen LogP contribution is -2.19. The third-order valence-electron chi connectivity index (χ3n) is 2.48. The van der Waals surface area contributed by atoms with Crippen LogP contribution in [-0.4, -0.2) is 6.10 Å². The van der Waals surface area contributed by atoms with Crippen LogP contribution in [0.25, 0.3) is 0 Å². The molecule has 0 heterocycles. The van der Waals surface area contributed by atoms with Crippen molar-refractivity contribution in [2.45, 2.75) is 33.4 Å². The summed E-state index contributed by atoms with van der Waals surface area (Å²) in [6, 6.07) is 4.84. The maximum atomic E-state index is 13.5. The number of halogens is 1. The Morgan fingerprint density at radius 2 is 2.00 bits per heavy atom. The molecule has 0 saturated carbocycles. The van der Waals surface area contributed by atoms with E-state index in [4.69, 9.17) is 10.5 Å². The third-order valence-corrected chi connectivity index (χ3v) is 2.48. The molecule has 84 valence electrons. The molecule has 2 N–H and O–H groups in total. The molecule has 1 unspecified atom stereocenters. The Bertz CT molecular complexity index is 325. The molecule has 0 amide bonds. The van der Waals surface area contributed by atoms with E-state index >= 15 is 0 Å². The summed E-state index contributed by atoms with van der Waals surface area (Å²) >= 11 is 0. The Labute approximate surface area is 90.2 Å². The number of rotatable bonds is 4. The second kappa shape index (κ2) is 5.12. The van der Waals surface area contributed by atoms with Crippen LogP contribution in [0.4, 0.5) is 4.39 Å².